The van der Waals surface area contributed by atoms with Crippen molar-refractivity contribution >= 4 is 11.9 Å². The molecule has 0 saturated carbocycles. The lowest BCUT2D eigenvalue weighted by Crippen LogP contribution is -2.32. The first-order valence-electron chi connectivity index (χ1n) is 4.27. The summed E-state index contributed by atoms with van der Waals surface area (Å²) in [6, 6.07) is 0. The van der Waals surface area contributed by atoms with Gasteiger partial charge in [0.1, 0.15) is 6.10 Å². The number of ether oxygens (including phenoxy) is 2. The Balaban J connectivity index is 2.33. The number of guanidine groups is 2. The van der Waals surface area contributed by atoms with Crippen LogP contribution in [0.3, 0.4) is 0 Å². The maximum atomic E-state index is 5.40. The molecule has 0 aliphatic carbocycles. The quantitative estimate of drug-likeness (QED) is 0.352. The SMILES string of the molecule is NC(N)=NC(N)=NCC1COCCO1. The van der Waals surface area contributed by atoms with Gasteiger partial charge in [-0.15, -0.1) is 0 Å². The average molecular weight is 201 g/mol. The van der Waals surface area contributed by atoms with Gasteiger partial charge in [0.25, 0.3) is 0 Å². The lowest BCUT2D eigenvalue weighted by atomic mass is 10.3. The molecule has 1 heterocycles. The van der Waals surface area contributed by atoms with Crippen LogP contribution in [0, 0.1) is 0 Å². The van der Waals surface area contributed by atoms with E-state index in [-0.39, 0.29) is 18.0 Å². The van der Waals surface area contributed by atoms with Crippen molar-refractivity contribution in [2.75, 3.05) is 26.4 Å². The normalized spacial score (nSPS) is 23.1. The molecule has 1 fully saturated rings. The molecule has 1 unspecified atom stereocenters. The van der Waals surface area contributed by atoms with Gasteiger partial charge in [0.2, 0.25) is 5.96 Å². The summed E-state index contributed by atoms with van der Waals surface area (Å²) < 4.78 is 10.5. The minimum absolute atomic E-state index is 0.0548. The Morgan fingerprint density at radius 3 is 2.64 bits per heavy atom. The Hall–Kier alpha value is -1.34. The van der Waals surface area contributed by atoms with Gasteiger partial charge >= 0.3 is 0 Å². The molecule has 7 heteroatoms. The van der Waals surface area contributed by atoms with Crippen molar-refractivity contribution in [3.05, 3.63) is 0 Å². The van der Waals surface area contributed by atoms with Gasteiger partial charge in [-0.05, 0) is 0 Å². The molecule has 0 aromatic rings. The van der Waals surface area contributed by atoms with E-state index in [1.807, 2.05) is 0 Å². The molecule has 1 saturated heterocycles. The first-order valence-corrected chi connectivity index (χ1v) is 4.27. The lowest BCUT2D eigenvalue weighted by Gasteiger charge is -2.21. The van der Waals surface area contributed by atoms with E-state index < -0.39 is 0 Å². The van der Waals surface area contributed by atoms with Gasteiger partial charge in [-0.3, -0.25) is 0 Å². The summed E-state index contributed by atoms with van der Waals surface area (Å²) in [5.41, 5.74) is 15.6. The molecule has 0 spiro atoms. The van der Waals surface area contributed by atoms with E-state index in [0.717, 1.165) is 0 Å². The number of hydrogen-bond acceptors (Lipinski definition) is 3. The molecular weight excluding hydrogens is 186 g/mol. The molecule has 0 aromatic heterocycles. The molecule has 0 aromatic carbocycles. The van der Waals surface area contributed by atoms with Gasteiger partial charge in [0.15, 0.2) is 5.96 Å². The fourth-order valence-electron chi connectivity index (χ4n) is 1.00. The van der Waals surface area contributed by atoms with Crippen LogP contribution >= 0.6 is 0 Å². The summed E-state index contributed by atoms with van der Waals surface area (Å²) >= 11 is 0. The van der Waals surface area contributed by atoms with Crippen molar-refractivity contribution in [3.8, 4) is 0 Å². The molecule has 1 atom stereocenters. The minimum atomic E-state index is -0.105. The second-order valence-corrected chi connectivity index (χ2v) is 2.80. The number of hydrogen-bond donors (Lipinski definition) is 3. The van der Waals surface area contributed by atoms with Crippen LogP contribution in [0.25, 0.3) is 0 Å². The molecule has 14 heavy (non-hydrogen) atoms. The van der Waals surface area contributed by atoms with Gasteiger partial charge in [-0.2, -0.15) is 4.99 Å². The molecule has 7 nitrogen and oxygen atoms in total. The van der Waals surface area contributed by atoms with E-state index >= 15 is 0 Å². The molecule has 0 bridgehead atoms. The number of rotatable bonds is 2. The Kier molecular flexibility index (Phi) is 4.14. The third kappa shape index (κ3) is 4.06. The van der Waals surface area contributed by atoms with Crippen LogP contribution < -0.4 is 17.2 Å². The van der Waals surface area contributed by atoms with Crippen molar-refractivity contribution in [1.29, 1.82) is 0 Å². The van der Waals surface area contributed by atoms with E-state index in [0.29, 0.717) is 26.4 Å². The third-order valence-electron chi connectivity index (χ3n) is 1.59. The second-order valence-electron chi connectivity index (χ2n) is 2.80. The highest BCUT2D eigenvalue weighted by molar-refractivity contribution is 5.92. The fraction of sp³-hybridized carbons (Fsp3) is 0.714. The van der Waals surface area contributed by atoms with Gasteiger partial charge in [0.05, 0.1) is 26.4 Å². The monoisotopic (exact) mass is 201 g/mol. The van der Waals surface area contributed by atoms with Gasteiger partial charge in [-0.1, -0.05) is 0 Å². The first kappa shape index (κ1) is 10.7. The first-order chi connectivity index (χ1) is 6.68. The van der Waals surface area contributed by atoms with Crippen molar-refractivity contribution in [2.24, 2.45) is 27.2 Å². The summed E-state index contributed by atoms with van der Waals surface area (Å²) in [6.45, 7) is 2.15. The molecule has 6 N–H and O–H groups in total. The Labute approximate surface area is 82.0 Å². The largest absolute Gasteiger partial charge is 0.376 e. The number of nitrogens with two attached hydrogens (primary N) is 3. The molecule has 1 rings (SSSR count). The predicted molar refractivity (Wildman–Crippen MR) is 52.9 cm³/mol. The smallest absolute Gasteiger partial charge is 0.218 e. The summed E-state index contributed by atoms with van der Waals surface area (Å²) in [5, 5.41) is 0. The maximum Gasteiger partial charge on any atom is 0.218 e. The van der Waals surface area contributed by atoms with Crippen LogP contribution in [-0.4, -0.2) is 44.4 Å². The van der Waals surface area contributed by atoms with E-state index in [1.165, 1.54) is 0 Å². The van der Waals surface area contributed by atoms with Gasteiger partial charge in [-0.25, -0.2) is 4.99 Å². The van der Waals surface area contributed by atoms with Crippen LogP contribution in [-0.2, 0) is 9.47 Å². The number of nitrogens with zero attached hydrogens (tertiary/aromatic N) is 2. The molecule has 0 radical (unpaired) electrons. The Morgan fingerprint density at radius 1 is 1.29 bits per heavy atom. The summed E-state index contributed by atoms with van der Waals surface area (Å²) in [4.78, 5) is 7.50. The van der Waals surface area contributed by atoms with Crippen LogP contribution in [0.2, 0.25) is 0 Å². The summed E-state index contributed by atoms with van der Waals surface area (Å²) in [5.74, 6) is -0.0498. The van der Waals surface area contributed by atoms with E-state index in [9.17, 15) is 0 Å². The zero-order valence-electron chi connectivity index (χ0n) is 7.85. The standard InChI is InChI=1S/C7H15N5O2/c8-6(9)12-7(10)11-3-5-4-13-1-2-14-5/h5H,1-4H2,(H6,8,9,10,11,12). The zero-order valence-corrected chi connectivity index (χ0v) is 7.85. The maximum absolute atomic E-state index is 5.40. The molecule has 1 aliphatic rings. The van der Waals surface area contributed by atoms with Crippen LogP contribution in [0.5, 0.6) is 0 Å². The molecule has 80 valence electrons. The Morgan fingerprint density at radius 2 is 2.07 bits per heavy atom. The van der Waals surface area contributed by atoms with Gasteiger partial charge in [0, 0.05) is 0 Å². The van der Waals surface area contributed by atoms with E-state index in [2.05, 4.69) is 9.98 Å². The van der Waals surface area contributed by atoms with Crippen LogP contribution in [0.4, 0.5) is 0 Å². The molecule has 0 amide bonds. The number of aliphatic imine (C=N–C) groups is 2. The van der Waals surface area contributed by atoms with Crippen molar-refractivity contribution < 1.29 is 9.47 Å². The predicted octanol–water partition coefficient (Wildman–Crippen LogP) is -2.01. The molecule has 1 aliphatic heterocycles. The van der Waals surface area contributed by atoms with Gasteiger partial charge < -0.3 is 26.7 Å². The highest BCUT2D eigenvalue weighted by Crippen LogP contribution is 2.00. The van der Waals surface area contributed by atoms with E-state index in [4.69, 9.17) is 26.7 Å². The van der Waals surface area contributed by atoms with Crippen LogP contribution in [0.15, 0.2) is 9.98 Å². The zero-order chi connectivity index (χ0) is 10.4. The highest BCUT2D eigenvalue weighted by Gasteiger charge is 2.13. The van der Waals surface area contributed by atoms with Crippen molar-refractivity contribution in [1.82, 2.24) is 0 Å². The fourth-order valence-corrected chi connectivity index (χ4v) is 1.00. The second kappa shape index (κ2) is 5.40. The van der Waals surface area contributed by atoms with Crippen molar-refractivity contribution in [2.45, 2.75) is 6.10 Å². The molecular formula is C7H15N5O2. The van der Waals surface area contributed by atoms with E-state index in [1.54, 1.807) is 0 Å². The van der Waals surface area contributed by atoms with Crippen molar-refractivity contribution in [3.63, 3.8) is 0 Å². The topological polar surface area (TPSA) is 121 Å². The average Bonchev–Trinajstić information content (AvgIpc) is 2.15. The Bertz CT molecular complexity index is 230. The lowest BCUT2D eigenvalue weighted by molar-refractivity contribution is -0.0832. The summed E-state index contributed by atoms with van der Waals surface area (Å²) in [7, 11) is 0. The third-order valence-corrected chi connectivity index (χ3v) is 1.59. The summed E-state index contributed by atoms with van der Waals surface area (Å²) in [6.07, 6.45) is -0.0588. The minimum Gasteiger partial charge on any atom is -0.376 e. The highest BCUT2D eigenvalue weighted by atomic mass is 16.6. The van der Waals surface area contributed by atoms with Crippen LogP contribution in [0.1, 0.15) is 0 Å².